The van der Waals surface area contributed by atoms with Crippen molar-refractivity contribution in [3.8, 4) is 11.8 Å². The maximum absolute atomic E-state index is 13.5. The summed E-state index contributed by atoms with van der Waals surface area (Å²) in [7, 11) is 0. The van der Waals surface area contributed by atoms with Gasteiger partial charge in [0.2, 0.25) is 5.91 Å². The number of rotatable bonds is 5. The van der Waals surface area contributed by atoms with Gasteiger partial charge in [-0.1, -0.05) is 49.2 Å². The summed E-state index contributed by atoms with van der Waals surface area (Å²) >= 11 is 1.24. The normalized spacial score (nSPS) is 16.2. The van der Waals surface area contributed by atoms with Crippen LogP contribution < -0.4 is 10.9 Å². The molecule has 6 nitrogen and oxygen atoms in total. The van der Waals surface area contributed by atoms with E-state index < -0.39 is 10.8 Å². The number of hydrogen-bond donors (Lipinski definition) is 1. The van der Waals surface area contributed by atoms with E-state index in [2.05, 4.69) is 17.5 Å². The number of para-hydroxylation sites is 1. The van der Waals surface area contributed by atoms with E-state index in [0.717, 1.165) is 36.1 Å². The molecule has 170 valence electrons. The van der Waals surface area contributed by atoms with Crippen molar-refractivity contribution >= 4 is 28.6 Å². The highest BCUT2D eigenvalue weighted by molar-refractivity contribution is 8.00. The highest BCUT2D eigenvalue weighted by Gasteiger charge is 2.35. The fourth-order valence-corrected chi connectivity index (χ4v) is 5.39. The van der Waals surface area contributed by atoms with E-state index in [4.69, 9.17) is 4.98 Å². The van der Waals surface area contributed by atoms with E-state index in [1.54, 1.807) is 17.6 Å². The Hall–Kier alpha value is -3.11. The number of nitrogens with zero attached hydrogens (tertiary/aromatic N) is 3. The number of fused-ring (bicyclic) bond motifs is 1. The molecular formula is C26H28N4O2S. The maximum atomic E-state index is 13.5. The number of aryl methyl sites for hydroxylation is 2. The largest absolute Gasteiger partial charge is 0.337 e. The Morgan fingerprint density at radius 1 is 1.15 bits per heavy atom. The lowest BCUT2D eigenvalue weighted by atomic mass is 9.83. The Balaban J connectivity index is 1.73. The van der Waals surface area contributed by atoms with Crippen LogP contribution in [-0.2, 0) is 4.79 Å². The lowest BCUT2D eigenvalue weighted by Gasteiger charge is -2.32. The Labute approximate surface area is 198 Å². The number of thioether (sulfide) groups is 1. The average molecular weight is 461 g/mol. The zero-order valence-corrected chi connectivity index (χ0v) is 20.0. The third-order valence-electron chi connectivity index (χ3n) is 6.14. The molecule has 0 bridgehead atoms. The molecule has 0 radical (unpaired) electrons. The van der Waals surface area contributed by atoms with Gasteiger partial charge in [0.1, 0.15) is 5.54 Å². The number of carbonyl (C=O) groups excluding carboxylic acids is 1. The van der Waals surface area contributed by atoms with Crippen molar-refractivity contribution in [1.29, 1.82) is 5.26 Å². The molecule has 1 heterocycles. The molecule has 1 aromatic heterocycles. The standard InChI is InChI=1S/C26H28N4O2S/c1-17-13-18(2)15-20(14-17)30-24(32)21-9-5-6-10-22(21)28-25(30)33-19(3)23(31)29-26(16-27)11-7-4-8-12-26/h5-6,9-10,13-15,19H,4,7-8,11-12H2,1-3H3,(H,29,31). The predicted octanol–water partition coefficient (Wildman–Crippen LogP) is 4.83. The first kappa shape index (κ1) is 23.1. The van der Waals surface area contributed by atoms with Gasteiger partial charge in [-0.3, -0.25) is 14.2 Å². The quantitative estimate of drug-likeness (QED) is 0.435. The number of nitrogens with one attached hydrogen (secondary N) is 1. The minimum absolute atomic E-state index is 0.165. The summed E-state index contributed by atoms with van der Waals surface area (Å²) in [4.78, 5) is 31.3. The van der Waals surface area contributed by atoms with Gasteiger partial charge in [0, 0.05) is 0 Å². The number of hydrogen-bond acceptors (Lipinski definition) is 5. The second kappa shape index (κ2) is 9.40. The molecule has 33 heavy (non-hydrogen) atoms. The fourth-order valence-electron chi connectivity index (χ4n) is 4.47. The number of amides is 1. The molecule has 1 aliphatic rings. The van der Waals surface area contributed by atoms with E-state index in [-0.39, 0.29) is 11.5 Å². The van der Waals surface area contributed by atoms with Crippen LogP contribution in [0.4, 0.5) is 0 Å². The second-order valence-electron chi connectivity index (χ2n) is 8.90. The second-order valence-corrected chi connectivity index (χ2v) is 10.2. The van der Waals surface area contributed by atoms with Gasteiger partial charge in [0.05, 0.1) is 27.9 Å². The molecular weight excluding hydrogens is 432 g/mol. The molecule has 2 aromatic carbocycles. The van der Waals surface area contributed by atoms with Crippen LogP contribution >= 0.6 is 11.8 Å². The molecule has 4 rings (SSSR count). The molecule has 0 spiro atoms. The van der Waals surface area contributed by atoms with Crippen molar-refractivity contribution in [2.24, 2.45) is 0 Å². The lowest BCUT2D eigenvalue weighted by Crippen LogP contribution is -2.51. The molecule has 1 unspecified atom stereocenters. The monoisotopic (exact) mass is 460 g/mol. The van der Waals surface area contributed by atoms with Crippen LogP contribution in [-0.4, -0.2) is 26.2 Å². The summed E-state index contributed by atoms with van der Waals surface area (Å²) in [6.07, 6.45) is 4.32. The SMILES string of the molecule is Cc1cc(C)cc(-n2c(SC(C)C(=O)NC3(C#N)CCCCC3)nc3ccccc3c2=O)c1. The maximum Gasteiger partial charge on any atom is 0.266 e. The molecule has 1 saturated carbocycles. The van der Waals surface area contributed by atoms with Crippen LogP contribution in [0.25, 0.3) is 16.6 Å². The van der Waals surface area contributed by atoms with Gasteiger partial charge < -0.3 is 5.32 Å². The van der Waals surface area contributed by atoms with Crippen molar-refractivity contribution in [2.75, 3.05) is 0 Å². The van der Waals surface area contributed by atoms with Crippen LogP contribution in [0.1, 0.15) is 50.2 Å². The van der Waals surface area contributed by atoms with Crippen LogP contribution in [0, 0.1) is 25.2 Å². The zero-order chi connectivity index (χ0) is 23.6. The first-order valence-corrected chi connectivity index (χ1v) is 12.2. The molecule has 3 aromatic rings. The third kappa shape index (κ3) is 4.81. The number of carbonyl (C=O) groups is 1. The van der Waals surface area contributed by atoms with Crippen molar-refractivity contribution < 1.29 is 4.79 Å². The molecule has 1 aliphatic carbocycles. The van der Waals surface area contributed by atoms with E-state index in [9.17, 15) is 14.9 Å². The minimum atomic E-state index is -0.797. The Kier molecular flexibility index (Phi) is 6.57. The van der Waals surface area contributed by atoms with Gasteiger partial charge in [-0.2, -0.15) is 5.26 Å². The fraction of sp³-hybridized carbons (Fsp3) is 0.385. The Bertz CT molecular complexity index is 1280. The highest BCUT2D eigenvalue weighted by atomic mass is 32.2. The highest BCUT2D eigenvalue weighted by Crippen LogP contribution is 2.30. The average Bonchev–Trinajstić information content (AvgIpc) is 2.79. The van der Waals surface area contributed by atoms with Gasteiger partial charge >= 0.3 is 0 Å². The summed E-state index contributed by atoms with van der Waals surface area (Å²) < 4.78 is 1.59. The molecule has 1 amide bonds. The molecule has 1 fully saturated rings. The van der Waals surface area contributed by atoms with Crippen molar-refractivity contribution in [1.82, 2.24) is 14.9 Å². The van der Waals surface area contributed by atoms with Gasteiger partial charge in [0.15, 0.2) is 5.16 Å². The number of nitriles is 1. The smallest absolute Gasteiger partial charge is 0.266 e. The molecule has 0 aliphatic heterocycles. The summed E-state index contributed by atoms with van der Waals surface area (Å²) in [5.74, 6) is -0.210. The van der Waals surface area contributed by atoms with E-state index in [1.807, 2.05) is 44.2 Å². The van der Waals surface area contributed by atoms with Crippen LogP contribution in [0.15, 0.2) is 52.4 Å². The van der Waals surface area contributed by atoms with Crippen LogP contribution in [0.3, 0.4) is 0 Å². The number of benzene rings is 2. The number of aromatic nitrogens is 2. The van der Waals surface area contributed by atoms with E-state index >= 15 is 0 Å². The van der Waals surface area contributed by atoms with Crippen molar-refractivity contribution in [2.45, 2.75) is 68.8 Å². The molecule has 7 heteroatoms. The molecule has 0 saturated heterocycles. The summed E-state index contributed by atoms with van der Waals surface area (Å²) in [6.45, 7) is 5.77. The summed E-state index contributed by atoms with van der Waals surface area (Å²) in [5.41, 5.74) is 2.45. The Morgan fingerprint density at radius 3 is 2.48 bits per heavy atom. The zero-order valence-electron chi connectivity index (χ0n) is 19.2. The molecule has 1 N–H and O–H groups in total. The Morgan fingerprint density at radius 2 is 1.82 bits per heavy atom. The van der Waals surface area contributed by atoms with Gasteiger partial charge in [-0.05, 0) is 69.0 Å². The molecule has 1 atom stereocenters. The topological polar surface area (TPSA) is 87.8 Å². The summed E-state index contributed by atoms with van der Waals surface area (Å²) in [5, 5.41) is 13.2. The predicted molar refractivity (Wildman–Crippen MR) is 132 cm³/mol. The first-order chi connectivity index (χ1) is 15.8. The van der Waals surface area contributed by atoms with Gasteiger partial charge in [-0.15, -0.1) is 0 Å². The van der Waals surface area contributed by atoms with Gasteiger partial charge in [0.25, 0.3) is 5.56 Å². The minimum Gasteiger partial charge on any atom is -0.337 e. The van der Waals surface area contributed by atoms with Gasteiger partial charge in [-0.25, -0.2) is 4.98 Å². The third-order valence-corrected chi connectivity index (χ3v) is 7.20. The first-order valence-electron chi connectivity index (χ1n) is 11.3. The lowest BCUT2D eigenvalue weighted by molar-refractivity contribution is -0.121. The van der Waals surface area contributed by atoms with Crippen molar-refractivity contribution in [3.63, 3.8) is 0 Å². The van der Waals surface area contributed by atoms with E-state index in [1.165, 1.54) is 11.8 Å². The van der Waals surface area contributed by atoms with E-state index in [0.29, 0.717) is 28.9 Å². The van der Waals surface area contributed by atoms with Crippen LogP contribution in [0.2, 0.25) is 0 Å². The van der Waals surface area contributed by atoms with Crippen LogP contribution in [0.5, 0.6) is 0 Å². The summed E-state index contributed by atoms with van der Waals surface area (Å²) in [6, 6.07) is 15.5. The van der Waals surface area contributed by atoms with Crippen molar-refractivity contribution in [3.05, 3.63) is 63.9 Å².